The van der Waals surface area contributed by atoms with E-state index in [1.54, 1.807) is 18.2 Å². The van der Waals surface area contributed by atoms with Gasteiger partial charge in [0.25, 0.3) is 0 Å². The molecule has 0 unspecified atom stereocenters. The van der Waals surface area contributed by atoms with E-state index in [1.807, 2.05) is 24.3 Å². The number of piperidine rings is 1. The second-order valence-electron chi connectivity index (χ2n) is 9.93. The van der Waals surface area contributed by atoms with Crippen molar-refractivity contribution in [2.45, 2.75) is 38.5 Å². The molecule has 6 nitrogen and oxygen atoms in total. The molecule has 3 N–H and O–H groups in total. The molecule has 1 fully saturated rings. The van der Waals surface area contributed by atoms with Crippen LogP contribution in [-0.2, 0) is 10.2 Å². The Kier molecular flexibility index (Phi) is 9.31. The molecule has 0 aromatic heterocycles. The lowest BCUT2D eigenvalue weighted by molar-refractivity contribution is -0.114. The summed E-state index contributed by atoms with van der Waals surface area (Å²) in [4.78, 5) is 26.8. The van der Waals surface area contributed by atoms with Crippen molar-refractivity contribution in [3.63, 3.8) is 0 Å². The van der Waals surface area contributed by atoms with Gasteiger partial charge in [0.2, 0.25) is 5.91 Å². The first kappa shape index (κ1) is 28.0. The molecule has 3 amide bonds. The maximum absolute atomic E-state index is 12.8. The molecule has 200 valence electrons. The summed E-state index contributed by atoms with van der Waals surface area (Å²) < 4.78 is 0. The molecule has 1 saturated heterocycles. The average Bonchev–Trinajstić information content (AvgIpc) is 2.88. The maximum atomic E-state index is 12.8. The van der Waals surface area contributed by atoms with Crippen molar-refractivity contribution in [1.82, 2.24) is 10.2 Å². The Morgan fingerprint density at radius 1 is 0.868 bits per heavy atom. The van der Waals surface area contributed by atoms with E-state index in [1.165, 1.54) is 12.5 Å². The molecule has 8 heteroatoms. The molecule has 0 atom stereocenters. The first-order chi connectivity index (χ1) is 18.3. The summed E-state index contributed by atoms with van der Waals surface area (Å²) in [5.41, 5.74) is 4.47. The lowest BCUT2D eigenvalue weighted by Gasteiger charge is -2.42. The van der Waals surface area contributed by atoms with Crippen molar-refractivity contribution in [3.8, 4) is 11.1 Å². The van der Waals surface area contributed by atoms with E-state index in [0.29, 0.717) is 22.3 Å². The highest BCUT2D eigenvalue weighted by molar-refractivity contribution is 6.35. The Morgan fingerprint density at radius 3 is 2.18 bits per heavy atom. The summed E-state index contributed by atoms with van der Waals surface area (Å²) in [6.45, 7) is 7.29. The standard InChI is InChI=1S/C30H34Cl2N4O2/c1-3-13-36-14-11-30(12-15-36,20-33-29(38)35-28-18-25(31)17-26(32)19-28)24-9-7-22(8-10-24)23-5-4-6-27(16-23)34-21(2)37/h4-10,16-19H,3,11-15,20H2,1-2H3,(H,34,37)(H2,33,35,38). The molecular formula is C30H34Cl2N4O2. The first-order valence-electron chi connectivity index (χ1n) is 13.0. The van der Waals surface area contributed by atoms with Crippen LogP contribution < -0.4 is 16.0 Å². The molecular weight excluding hydrogens is 519 g/mol. The lowest BCUT2D eigenvalue weighted by atomic mass is 9.72. The van der Waals surface area contributed by atoms with Crippen molar-refractivity contribution in [3.05, 3.63) is 82.3 Å². The van der Waals surface area contributed by atoms with Crippen molar-refractivity contribution in [1.29, 1.82) is 0 Å². The fourth-order valence-electron chi connectivity index (χ4n) is 5.14. The number of hydrogen-bond acceptors (Lipinski definition) is 3. The predicted octanol–water partition coefficient (Wildman–Crippen LogP) is 7.18. The van der Waals surface area contributed by atoms with Crippen LogP contribution in [0.3, 0.4) is 0 Å². The summed E-state index contributed by atoms with van der Waals surface area (Å²) in [6, 6.07) is 21.1. The SMILES string of the molecule is CCCN1CCC(CNC(=O)Nc2cc(Cl)cc(Cl)c2)(c2ccc(-c3cccc(NC(C)=O)c3)cc2)CC1. The molecule has 38 heavy (non-hydrogen) atoms. The molecule has 4 rings (SSSR count). The quantitative estimate of drug-likeness (QED) is 0.277. The van der Waals surface area contributed by atoms with E-state index < -0.39 is 0 Å². The lowest BCUT2D eigenvalue weighted by Crippen LogP contribution is -2.49. The van der Waals surface area contributed by atoms with Crippen molar-refractivity contribution < 1.29 is 9.59 Å². The third kappa shape index (κ3) is 7.28. The van der Waals surface area contributed by atoms with E-state index in [2.05, 4.69) is 52.0 Å². The van der Waals surface area contributed by atoms with Crippen molar-refractivity contribution in [2.75, 3.05) is 36.8 Å². The fourth-order valence-corrected chi connectivity index (χ4v) is 5.66. The van der Waals surface area contributed by atoms with Gasteiger partial charge in [0.15, 0.2) is 0 Å². The van der Waals surface area contributed by atoms with Crippen LogP contribution in [0.25, 0.3) is 11.1 Å². The third-order valence-corrected chi connectivity index (χ3v) is 7.51. The number of urea groups is 1. The minimum absolute atomic E-state index is 0.0937. The van der Waals surface area contributed by atoms with Gasteiger partial charge in [-0.25, -0.2) is 4.79 Å². The van der Waals surface area contributed by atoms with Gasteiger partial charge in [0.05, 0.1) is 0 Å². The number of nitrogens with one attached hydrogen (secondary N) is 3. The minimum atomic E-state index is -0.287. The van der Waals surface area contributed by atoms with Crippen molar-refractivity contribution in [2.24, 2.45) is 0 Å². The van der Waals surface area contributed by atoms with Gasteiger partial charge < -0.3 is 20.9 Å². The smallest absolute Gasteiger partial charge is 0.319 e. The molecule has 0 radical (unpaired) electrons. The van der Waals surface area contributed by atoms with Crippen LogP contribution in [-0.4, -0.2) is 43.0 Å². The number of carbonyl (C=O) groups excluding carboxylic acids is 2. The summed E-state index contributed by atoms with van der Waals surface area (Å²) in [5.74, 6) is -0.0937. The maximum Gasteiger partial charge on any atom is 0.319 e. The largest absolute Gasteiger partial charge is 0.337 e. The average molecular weight is 554 g/mol. The zero-order valence-corrected chi connectivity index (χ0v) is 23.3. The second kappa shape index (κ2) is 12.7. The van der Waals surface area contributed by atoms with Crippen LogP contribution in [0.15, 0.2) is 66.7 Å². The summed E-state index contributed by atoms with van der Waals surface area (Å²) in [7, 11) is 0. The van der Waals surface area contributed by atoms with E-state index in [9.17, 15) is 9.59 Å². The molecule has 1 aliphatic heterocycles. The zero-order valence-electron chi connectivity index (χ0n) is 21.8. The van der Waals surface area contributed by atoms with Gasteiger partial charge in [-0.1, -0.05) is 66.5 Å². The monoisotopic (exact) mass is 552 g/mol. The summed E-state index contributed by atoms with van der Waals surface area (Å²) in [6.07, 6.45) is 3.03. The Balaban J connectivity index is 1.51. The first-order valence-corrected chi connectivity index (χ1v) is 13.7. The second-order valence-corrected chi connectivity index (χ2v) is 10.8. The van der Waals surface area contributed by atoms with Gasteiger partial charge >= 0.3 is 6.03 Å². The number of rotatable bonds is 8. The number of amides is 3. The third-order valence-electron chi connectivity index (χ3n) is 7.07. The number of anilines is 2. The van der Waals surface area contributed by atoms with E-state index in [-0.39, 0.29) is 17.4 Å². The van der Waals surface area contributed by atoms with Gasteiger partial charge in [-0.15, -0.1) is 0 Å². The normalized spacial score (nSPS) is 15.1. The topological polar surface area (TPSA) is 73.5 Å². The molecule has 3 aromatic rings. The number of nitrogens with zero attached hydrogens (tertiary/aromatic N) is 1. The molecule has 1 aliphatic rings. The Bertz CT molecular complexity index is 1250. The van der Waals surface area contributed by atoms with Gasteiger partial charge in [0.1, 0.15) is 0 Å². The van der Waals surface area contributed by atoms with E-state index in [4.69, 9.17) is 23.2 Å². The minimum Gasteiger partial charge on any atom is -0.337 e. The van der Waals surface area contributed by atoms with Crippen LogP contribution in [0.5, 0.6) is 0 Å². The van der Waals surface area contributed by atoms with Gasteiger partial charge in [-0.05, 0) is 85.9 Å². The molecule has 3 aromatic carbocycles. The van der Waals surface area contributed by atoms with Gasteiger partial charge in [-0.2, -0.15) is 0 Å². The highest BCUT2D eigenvalue weighted by Crippen LogP contribution is 2.36. The van der Waals surface area contributed by atoms with Crippen LogP contribution >= 0.6 is 23.2 Å². The number of benzene rings is 3. The van der Waals surface area contributed by atoms with Crippen LogP contribution in [0, 0.1) is 0 Å². The molecule has 0 spiro atoms. The fraction of sp³-hybridized carbons (Fsp3) is 0.333. The number of carbonyl (C=O) groups is 2. The Morgan fingerprint density at radius 2 is 1.55 bits per heavy atom. The predicted molar refractivity (Wildman–Crippen MR) is 157 cm³/mol. The molecule has 0 saturated carbocycles. The Hall–Kier alpha value is -3.06. The Labute approximate surface area is 234 Å². The highest BCUT2D eigenvalue weighted by Gasteiger charge is 2.36. The number of likely N-dealkylation sites (tertiary alicyclic amines) is 1. The van der Waals surface area contributed by atoms with E-state index >= 15 is 0 Å². The van der Waals surface area contributed by atoms with Crippen LogP contribution in [0.1, 0.15) is 38.7 Å². The highest BCUT2D eigenvalue weighted by atomic mass is 35.5. The molecule has 0 aliphatic carbocycles. The number of hydrogen-bond donors (Lipinski definition) is 3. The van der Waals surface area contributed by atoms with Crippen LogP contribution in [0.4, 0.5) is 16.2 Å². The molecule has 1 heterocycles. The number of halogens is 2. The summed E-state index contributed by atoms with van der Waals surface area (Å²) in [5, 5.41) is 9.73. The zero-order chi connectivity index (χ0) is 27.1. The van der Waals surface area contributed by atoms with Gasteiger partial charge in [0, 0.05) is 40.3 Å². The molecule has 0 bridgehead atoms. The van der Waals surface area contributed by atoms with Crippen LogP contribution in [0.2, 0.25) is 10.0 Å². The summed E-state index contributed by atoms with van der Waals surface area (Å²) >= 11 is 12.2. The van der Waals surface area contributed by atoms with Crippen molar-refractivity contribution >= 4 is 46.5 Å². The van der Waals surface area contributed by atoms with E-state index in [0.717, 1.165) is 55.7 Å². The van der Waals surface area contributed by atoms with Gasteiger partial charge in [-0.3, -0.25) is 4.79 Å².